The molecule has 5 rings (SSSR count). The molecule has 1 aliphatic rings. The largest absolute Gasteiger partial charge is 0.455 e. The van der Waals surface area contributed by atoms with Gasteiger partial charge in [0.15, 0.2) is 0 Å². The van der Waals surface area contributed by atoms with Crippen LogP contribution in [0.2, 0.25) is 0 Å². The van der Waals surface area contributed by atoms with E-state index in [1.807, 2.05) is 66.7 Å². The predicted molar refractivity (Wildman–Crippen MR) is 154 cm³/mol. The van der Waals surface area contributed by atoms with Crippen molar-refractivity contribution in [1.29, 1.82) is 0 Å². The van der Waals surface area contributed by atoms with Crippen molar-refractivity contribution in [2.24, 2.45) is 5.73 Å². The summed E-state index contributed by atoms with van der Waals surface area (Å²) in [5, 5.41) is 13.5. The minimum atomic E-state index is -1.10. The average molecular weight is 595 g/mol. The molecule has 0 saturated heterocycles. The van der Waals surface area contributed by atoms with Crippen molar-refractivity contribution in [2.75, 3.05) is 10.7 Å². The van der Waals surface area contributed by atoms with E-state index in [4.69, 9.17) is 10.2 Å². The minimum absolute atomic E-state index is 0.0988. The zero-order chi connectivity index (χ0) is 27.0. The van der Waals surface area contributed by atoms with Crippen molar-refractivity contribution in [2.45, 2.75) is 43.5 Å². The Kier molecular flexibility index (Phi) is 7.37. The number of thioether (sulfide) groups is 1. The van der Waals surface area contributed by atoms with Gasteiger partial charge in [-0.2, -0.15) is 0 Å². The van der Waals surface area contributed by atoms with Crippen LogP contribution in [0.15, 0.2) is 80.5 Å². The first-order chi connectivity index (χ1) is 18.2. The number of hydrogen-bond donors (Lipinski definition) is 3. The van der Waals surface area contributed by atoms with Gasteiger partial charge in [-0.1, -0.05) is 42.5 Å². The van der Waals surface area contributed by atoms with Crippen molar-refractivity contribution in [3.8, 4) is 11.3 Å². The zero-order valence-corrected chi connectivity index (χ0v) is 23.4. The monoisotopic (exact) mass is 593 g/mol. The average Bonchev–Trinajstić information content (AvgIpc) is 3.17. The van der Waals surface area contributed by atoms with E-state index in [9.17, 15) is 14.7 Å². The molecule has 2 heterocycles. The first kappa shape index (κ1) is 26.5. The van der Waals surface area contributed by atoms with Gasteiger partial charge in [-0.05, 0) is 65.2 Å². The Bertz CT molecular complexity index is 1530. The summed E-state index contributed by atoms with van der Waals surface area (Å²) in [7, 11) is 0. The number of aliphatic hydroxyl groups excluding tert-OH is 1. The summed E-state index contributed by atoms with van der Waals surface area (Å²) in [6.07, 6.45) is 0. The van der Waals surface area contributed by atoms with E-state index >= 15 is 0 Å². The van der Waals surface area contributed by atoms with Crippen LogP contribution < -0.4 is 16.0 Å². The molecule has 1 aliphatic heterocycles. The number of nitrogens with two attached hydrogens (primary N) is 1. The number of aliphatic hydroxyl groups is 1. The van der Waals surface area contributed by atoms with Crippen LogP contribution in [-0.4, -0.2) is 34.3 Å². The summed E-state index contributed by atoms with van der Waals surface area (Å²) < 4.78 is 6.94. The molecule has 0 radical (unpaired) electrons. The Morgan fingerprint density at radius 2 is 1.92 bits per heavy atom. The van der Waals surface area contributed by atoms with Crippen molar-refractivity contribution < 1.29 is 19.1 Å². The number of halogens is 1. The normalized spacial score (nSPS) is 15.9. The summed E-state index contributed by atoms with van der Waals surface area (Å²) in [5.41, 5.74) is 8.86. The fourth-order valence-electron chi connectivity index (χ4n) is 4.41. The number of para-hydroxylation sites is 1. The molecule has 0 fully saturated rings. The fraction of sp³-hybridized carbons (Fsp3) is 0.241. The highest BCUT2D eigenvalue weighted by Crippen LogP contribution is 2.40. The lowest BCUT2D eigenvalue weighted by Crippen LogP contribution is -2.56. The molecule has 1 atom stereocenters. The predicted octanol–water partition coefficient (Wildman–Crippen LogP) is 5.22. The zero-order valence-electron chi connectivity index (χ0n) is 21.0. The van der Waals surface area contributed by atoms with Gasteiger partial charge in [0.2, 0.25) is 5.91 Å². The summed E-state index contributed by atoms with van der Waals surface area (Å²) in [5.74, 6) is 0.487. The first-order valence-electron chi connectivity index (χ1n) is 12.2. The third-order valence-electron chi connectivity index (χ3n) is 6.48. The number of nitrogens with zero attached hydrogens (tertiary/aromatic N) is 1. The lowest BCUT2D eigenvalue weighted by molar-refractivity contribution is -0.129. The van der Waals surface area contributed by atoms with Gasteiger partial charge in [-0.3, -0.25) is 9.59 Å². The molecular weight excluding hydrogens is 566 g/mol. The smallest absolute Gasteiger partial charge is 0.250 e. The van der Waals surface area contributed by atoms with Crippen LogP contribution in [0.3, 0.4) is 0 Å². The fourth-order valence-corrected chi connectivity index (χ4v) is 6.09. The van der Waals surface area contributed by atoms with Gasteiger partial charge in [0.1, 0.15) is 17.4 Å². The summed E-state index contributed by atoms with van der Waals surface area (Å²) in [6, 6.07) is 20.4. The van der Waals surface area contributed by atoms with Crippen LogP contribution in [0.5, 0.6) is 0 Å². The molecule has 0 bridgehead atoms. The SMILES string of the molecule is CC(C)(N)C(=O)N[C@@H]1CSc2ccccc2N(Cc2ccc3oc(-c4ccccc4CO)c(Br)c3c2)C1=O. The number of fused-ring (bicyclic) bond motifs is 2. The van der Waals surface area contributed by atoms with Gasteiger partial charge in [0.25, 0.3) is 5.91 Å². The van der Waals surface area contributed by atoms with Gasteiger partial charge in [-0.25, -0.2) is 0 Å². The molecule has 0 spiro atoms. The standard InChI is InChI=1S/C29H28BrN3O4S/c1-29(2,31)28(36)32-21-16-38-24-10-6-5-9-22(24)33(27(21)35)14-17-11-12-23-20(13-17)25(30)26(37-23)19-8-4-3-7-18(19)15-34/h3-13,21,34H,14-16,31H2,1-2H3,(H,32,36)/t21-/m1/s1. The number of anilines is 1. The molecule has 7 nitrogen and oxygen atoms in total. The molecule has 4 N–H and O–H groups in total. The van der Waals surface area contributed by atoms with E-state index in [1.165, 1.54) is 11.8 Å². The molecule has 2 amide bonds. The molecule has 0 saturated carbocycles. The number of carbonyl (C=O) groups excluding carboxylic acids is 2. The number of rotatable bonds is 6. The third kappa shape index (κ3) is 5.11. The van der Waals surface area contributed by atoms with Crippen LogP contribution in [-0.2, 0) is 22.7 Å². The van der Waals surface area contributed by atoms with E-state index in [2.05, 4.69) is 21.2 Å². The third-order valence-corrected chi connectivity index (χ3v) is 8.42. The maximum Gasteiger partial charge on any atom is 0.250 e. The Morgan fingerprint density at radius 1 is 1.18 bits per heavy atom. The first-order valence-corrected chi connectivity index (χ1v) is 14.0. The van der Waals surface area contributed by atoms with Crippen LogP contribution in [0.4, 0.5) is 5.69 Å². The lowest BCUT2D eigenvalue weighted by atomic mass is 10.0. The van der Waals surface area contributed by atoms with Crippen molar-refractivity contribution >= 4 is 56.2 Å². The second-order valence-corrected chi connectivity index (χ2v) is 11.7. The Balaban J connectivity index is 1.50. The van der Waals surface area contributed by atoms with Gasteiger partial charge in [-0.15, -0.1) is 11.8 Å². The van der Waals surface area contributed by atoms with Crippen molar-refractivity contribution in [3.63, 3.8) is 0 Å². The van der Waals surface area contributed by atoms with Crippen LogP contribution in [0.25, 0.3) is 22.3 Å². The number of nitrogens with one attached hydrogen (secondary N) is 1. The van der Waals surface area contributed by atoms with Crippen LogP contribution >= 0.6 is 27.7 Å². The van der Waals surface area contributed by atoms with Gasteiger partial charge < -0.3 is 25.5 Å². The summed E-state index contributed by atoms with van der Waals surface area (Å²) in [6.45, 7) is 3.45. The lowest BCUT2D eigenvalue weighted by Gasteiger charge is -2.27. The van der Waals surface area contributed by atoms with Gasteiger partial charge in [0.05, 0.1) is 28.9 Å². The Hall–Kier alpha value is -3.11. The Morgan fingerprint density at radius 3 is 2.68 bits per heavy atom. The number of furan rings is 1. The molecule has 3 aromatic carbocycles. The van der Waals surface area contributed by atoms with E-state index in [1.54, 1.807) is 18.7 Å². The second-order valence-electron chi connectivity index (χ2n) is 9.84. The maximum atomic E-state index is 13.8. The molecule has 9 heteroatoms. The molecule has 4 aromatic rings. The number of benzene rings is 3. The van der Waals surface area contributed by atoms with Gasteiger partial charge >= 0.3 is 0 Å². The molecular formula is C29H28BrN3O4S. The second kappa shape index (κ2) is 10.6. The number of hydrogen-bond acceptors (Lipinski definition) is 6. The molecule has 0 unspecified atom stereocenters. The molecule has 1 aromatic heterocycles. The highest BCUT2D eigenvalue weighted by molar-refractivity contribution is 9.10. The maximum absolute atomic E-state index is 13.8. The van der Waals surface area contributed by atoms with Crippen LogP contribution in [0, 0.1) is 0 Å². The van der Waals surface area contributed by atoms with E-state index in [0.717, 1.165) is 37.1 Å². The summed E-state index contributed by atoms with van der Waals surface area (Å²) >= 11 is 5.23. The van der Waals surface area contributed by atoms with E-state index < -0.39 is 11.6 Å². The number of carbonyl (C=O) groups is 2. The molecule has 38 heavy (non-hydrogen) atoms. The molecule has 196 valence electrons. The van der Waals surface area contributed by atoms with Crippen molar-refractivity contribution in [1.82, 2.24) is 5.32 Å². The molecule has 0 aliphatic carbocycles. The van der Waals surface area contributed by atoms with E-state index in [0.29, 0.717) is 23.6 Å². The minimum Gasteiger partial charge on any atom is -0.455 e. The quantitative estimate of drug-likeness (QED) is 0.283. The van der Waals surface area contributed by atoms with Gasteiger partial charge in [0, 0.05) is 21.6 Å². The van der Waals surface area contributed by atoms with Crippen molar-refractivity contribution in [3.05, 3.63) is 82.3 Å². The summed E-state index contributed by atoms with van der Waals surface area (Å²) in [4.78, 5) is 29.1. The van der Waals surface area contributed by atoms with E-state index in [-0.39, 0.29) is 18.4 Å². The highest BCUT2D eigenvalue weighted by atomic mass is 79.9. The number of amides is 2. The highest BCUT2D eigenvalue weighted by Gasteiger charge is 2.34. The topological polar surface area (TPSA) is 109 Å². The van der Waals surface area contributed by atoms with Crippen LogP contribution in [0.1, 0.15) is 25.0 Å². The Labute approximate surface area is 233 Å².